The maximum absolute atomic E-state index is 4.69. The van der Waals surface area contributed by atoms with E-state index in [9.17, 15) is 0 Å². The zero-order valence-corrected chi connectivity index (χ0v) is 14.9. The molecule has 25 heavy (non-hydrogen) atoms. The number of nitrogens with zero attached hydrogens (tertiary/aromatic N) is 3. The maximum Gasteiger partial charge on any atom is 0.163 e. The van der Waals surface area contributed by atoms with Gasteiger partial charge in [-0.05, 0) is 23.3 Å². The van der Waals surface area contributed by atoms with Crippen molar-refractivity contribution in [1.29, 1.82) is 0 Å². The fraction of sp³-hybridized carbons (Fsp3) is 0. The molecule has 0 saturated carbocycles. The van der Waals surface area contributed by atoms with E-state index in [0.717, 1.165) is 26.7 Å². The van der Waals surface area contributed by atoms with E-state index in [-0.39, 0.29) is 0 Å². The first-order valence-electron chi connectivity index (χ1n) is 7.91. The van der Waals surface area contributed by atoms with Crippen LogP contribution in [0.1, 0.15) is 0 Å². The topological polar surface area (TPSA) is 38.7 Å². The number of benzene rings is 3. The van der Waals surface area contributed by atoms with E-state index in [0.29, 0.717) is 11.6 Å². The zero-order valence-electron chi connectivity index (χ0n) is 13.3. The lowest BCUT2D eigenvalue weighted by Crippen LogP contribution is -1.96. The van der Waals surface area contributed by atoms with Gasteiger partial charge in [0.15, 0.2) is 11.6 Å². The molecule has 4 heteroatoms. The first kappa shape index (κ1) is 15.7. The van der Waals surface area contributed by atoms with Crippen molar-refractivity contribution in [2.75, 3.05) is 0 Å². The molecule has 1 heterocycles. The van der Waals surface area contributed by atoms with Crippen LogP contribution in [0.5, 0.6) is 0 Å². The summed E-state index contributed by atoms with van der Waals surface area (Å²) in [5.74, 6) is 1.35. The highest BCUT2D eigenvalue weighted by atomic mass is 79.9. The fourth-order valence-corrected chi connectivity index (χ4v) is 3.14. The Hall–Kier alpha value is -2.85. The molecule has 0 amide bonds. The predicted molar refractivity (Wildman–Crippen MR) is 104 cm³/mol. The van der Waals surface area contributed by atoms with Gasteiger partial charge in [-0.2, -0.15) is 0 Å². The Labute approximate surface area is 154 Å². The van der Waals surface area contributed by atoms with Gasteiger partial charge in [-0.3, -0.25) is 0 Å². The second kappa shape index (κ2) is 6.95. The molecule has 3 aromatic carbocycles. The summed E-state index contributed by atoms with van der Waals surface area (Å²) in [5, 5.41) is 0. The number of hydrogen-bond donors (Lipinski definition) is 0. The molecule has 0 unspecified atom stereocenters. The maximum atomic E-state index is 4.69. The van der Waals surface area contributed by atoms with Gasteiger partial charge in [0, 0.05) is 15.6 Å². The third kappa shape index (κ3) is 3.35. The quantitative estimate of drug-likeness (QED) is 0.456. The lowest BCUT2D eigenvalue weighted by molar-refractivity contribution is 1.07. The Morgan fingerprint density at radius 3 is 2.08 bits per heavy atom. The molecular weight excluding hydrogens is 374 g/mol. The molecule has 0 saturated heterocycles. The molecule has 3 nitrogen and oxygen atoms in total. The molecule has 1 aromatic heterocycles. The standard InChI is InChI=1S/C21H14BrN3/c22-17-10-6-9-16(13-17)18-11-4-5-12-19(18)21-24-14-23-20(25-21)15-7-2-1-3-8-15/h1-14H. The van der Waals surface area contributed by atoms with Crippen molar-refractivity contribution < 1.29 is 0 Å². The molecule has 0 radical (unpaired) electrons. The van der Waals surface area contributed by atoms with E-state index < -0.39 is 0 Å². The predicted octanol–water partition coefficient (Wildman–Crippen LogP) is 5.64. The van der Waals surface area contributed by atoms with Gasteiger partial charge in [0.1, 0.15) is 6.33 Å². The second-order valence-corrected chi connectivity index (χ2v) is 6.47. The number of rotatable bonds is 3. The smallest absolute Gasteiger partial charge is 0.163 e. The summed E-state index contributed by atoms with van der Waals surface area (Å²) in [4.78, 5) is 13.4. The molecule has 0 fully saturated rings. The highest BCUT2D eigenvalue weighted by molar-refractivity contribution is 9.10. The van der Waals surface area contributed by atoms with Crippen LogP contribution < -0.4 is 0 Å². The summed E-state index contributed by atoms with van der Waals surface area (Å²) < 4.78 is 1.04. The van der Waals surface area contributed by atoms with Crippen molar-refractivity contribution >= 4 is 15.9 Å². The second-order valence-electron chi connectivity index (χ2n) is 5.55. The number of aromatic nitrogens is 3. The van der Waals surface area contributed by atoms with Crippen LogP contribution in [0.3, 0.4) is 0 Å². The summed E-state index contributed by atoms with van der Waals surface area (Å²) in [5.41, 5.74) is 4.17. The first-order chi connectivity index (χ1) is 12.3. The van der Waals surface area contributed by atoms with E-state index >= 15 is 0 Å². The van der Waals surface area contributed by atoms with Gasteiger partial charge in [0.05, 0.1) is 0 Å². The molecule has 0 spiro atoms. The molecule has 0 aliphatic rings. The summed E-state index contributed by atoms with van der Waals surface area (Å²) >= 11 is 3.54. The SMILES string of the molecule is Brc1cccc(-c2ccccc2-c2ncnc(-c3ccccc3)n2)c1. The summed E-state index contributed by atoms with van der Waals surface area (Å²) in [6.07, 6.45) is 1.57. The van der Waals surface area contributed by atoms with Crippen LogP contribution in [0.4, 0.5) is 0 Å². The van der Waals surface area contributed by atoms with Gasteiger partial charge in [-0.25, -0.2) is 15.0 Å². The molecule has 0 aliphatic carbocycles. The van der Waals surface area contributed by atoms with Crippen molar-refractivity contribution in [2.45, 2.75) is 0 Å². The van der Waals surface area contributed by atoms with Gasteiger partial charge in [-0.15, -0.1) is 0 Å². The van der Waals surface area contributed by atoms with Crippen molar-refractivity contribution in [3.8, 4) is 33.9 Å². The molecule has 4 aromatic rings. The molecule has 0 bridgehead atoms. The highest BCUT2D eigenvalue weighted by Gasteiger charge is 2.11. The van der Waals surface area contributed by atoms with E-state index in [4.69, 9.17) is 0 Å². The number of halogens is 1. The molecule has 120 valence electrons. The van der Waals surface area contributed by atoms with Gasteiger partial charge in [-0.1, -0.05) is 82.7 Å². The lowest BCUT2D eigenvalue weighted by Gasteiger charge is -2.10. The van der Waals surface area contributed by atoms with Crippen LogP contribution in [0.15, 0.2) is 89.7 Å². The third-order valence-corrected chi connectivity index (χ3v) is 4.40. The van der Waals surface area contributed by atoms with Crippen LogP contribution in [0.25, 0.3) is 33.9 Å². The molecule has 4 rings (SSSR count). The minimum atomic E-state index is 0.671. The molecular formula is C21H14BrN3. The Morgan fingerprint density at radius 2 is 1.28 bits per heavy atom. The normalized spacial score (nSPS) is 10.6. The van der Waals surface area contributed by atoms with Crippen molar-refractivity contribution in [1.82, 2.24) is 15.0 Å². The molecule has 0 aliphatic heterocycles. The summed E-state index contributed by atoms with van der Waals surface area (Å²) in [7, 11) is 0. The van der Waals surface area contributed by atoms with Crippen LogP contribution in [0.2, 0.25) is 0 Å². The van der Waals surface area contributed by atoms with Crippen LogP contribution in [-0.2, 0) is 0 Å². The van der Waals surface area contributed by atoms with Crippen LogP contribution >= 0.6 is 15.9 Å². The largest absolute Gasteiger partial charge is 0.217 e. The Balaban J connectivity index is 1.84. The Bertz CT molecular complexity index is 1020. The van der Waals surface area contributed by atoms with Crippen molar-refractivity contribution in [3.63, 3.8) is 0 Å². The van der Waals surface area contributed by atoms with Crippen molar-refractivity contribution in [2.24, 2.45) is 0 Å². The van der Waals surface area contributed by atoms with Crippen LogP contribution in [-0.4, -0.2) is 15.0 Å². The van der Waals surface area contributed by atoms with E-state index in [1.807, 2.05) is 60.7 Å². The highest BCUT2D eigenvalue weighted by Crippen LogP contribution is 2.31. The van der Waals surface area contributed by atoms with Gasteiger partial charge in [0.2, 0.25) is 0 Å². The average molecular weight is 388 g/mol. The Morgan fingerprint density at radius 1 is 0.600 bits per heavy atom. The third-order valence-electron chi connectivity index (χ3n) is 3.91. The van der Waals surface area contributed by atoms with E-state index in [2.05, 4.69) is 49.1 Å². The van der Waals surface area contributed by atoms with E-state index in [1.54, 1.807) is 6.33 Å². The van der Waals surface area contributed by atoms with E-state index in [1.165, 1.54) is 0 Å². The lowest BCUT2D eigenvalue weighted by atomic mass is 9.99. The number of hydrogen-bond acceptors (Lipinski definition) is 3. The summed E-state index contributed by atoms with van der Waals surface area (Å²) in [6.45, 7) is 0. The monoisotopic (exact) mass is 387 g/mol. The van der Waals surface area contributed by atoms with Crippen molar-refractivity contribution in [3.05, 3.63) is 89.7 Å². The first-order valence-corrected chi connectivity index (χ1v) is 8.70. The fourth-order valence-electron chi connectivity index (χ4n) is 2.74. The van der Waals surface area contributed by atoms with Gasteiger partial charge in [0.25, 0.3) is 0 Å². The minimum absolute atomic E-state index is 0.671. The van der Waals surface area contributed by atoms with Gasteiger partial charge < -0.3 is 0 Å². The molecule has 0 N–H and O–H groups in total. The van der Waals surface area contributed by atoms with Crippen LogP contribution in [0, 0.1) is 0 Å². The van der Waals surface area contributed by atoms with Gasteiger partial charge >= 0.3 is 0 Å². The zero-order chi connectivity index (χ0) is 17.1. The minimum Gasteiger partial charge on any atom is -0.217 e. The Kier molecular flexibility index (Phi) is 4.36. The molecule has 0 atom stereocenters. The summed E-state index contributed by atoms with van der Waals surface area (Å²) in [6, 6.07) is 26.3. The average Bonchev–Trinajstić information content (AvgIpc) is 2.69.